The lowest BCUT2D eigenvalue weighted by Gasteiger charge is -2.16. The van der Waals surface area contributed by atoms with Crippen molar-refractivity contribution >= 4 is 11.6 Å². The van der Waals surface area contributed by atoms with E-state index in [-0.39, 0.29) is 18.1 Å². The summed E-state index contributed by atoms with van der Waals surface area (Å²) in [5.74, 6) is 0.689. The molecule has 2 aromatic carbocycles. The van der Waals surface area contributed by atoms with Crippen LogP contribution in [-0.2, 0) is 11.2 Å². The molecule has 2 aromatic rings. The fourth-order valence-corrected chi connectivity index (χ4v) is 2.44. The first-order chi connectivity index (χ1) is 10.9. The first kappa shape index (κ1) is 17.0. The van der Waals surface area contributed by atoms with Gasteiger partial charge < -0.3 is 10.1 Å². The molecule has 0 atom stereocenters. The third-order valence-electron chi connectivity index (χ3n) is 3.75. The van der Waals surface area contributed by atoms with Crippen molar-refractivity contribution in [3.8, 4) is 5.75 Å². The minimum absolute atomic E-state index is 0.125. The van der Waals surface area contributed by atoms with E-state index < -0.39 is 0 Å². The number of hydrogen-bond acceptors (Lipinski definition) is 2. The third kappa shape index (κ3) is 4.31. The summed E-state index contributed by atoms with van der Waals surface area (Å²) in [6.07, 6.45) is 0.211. The van der Waals surface area contributed by atoms with Gasteiger partial charge in [0, 0.05) is 5.69 Å². The van der Waals surface area contributed by atoms with Gasteiger partial charge in [-0.2, -0.15) is 0 Å². The molecule has 0 saturated heterocycles. The van der Waals surface area contributed by atoms with Crippen LogP contribution < -0.4 is 10.1 Å². The molecule has 0 aliphatic carbocycles. The van der Waals surface area contributed by atoms with Crippen molar-refractivity contribution in [1.82, 2.24) is 0 Å². The third-order valence-corrected chi connectivity index (χ3v) is 3.75. The summed E-state index contributed by atoms with van der Waals surface area (Å²) in [4.78, 5) is 12.2. The van der Waals surface area contributed by atoms with Gasteiger partial charge in [-0.3, -0.25) is 4.79 Å². The van der Waals surface area contributed by atoms with Gasteiger partial charge in [-0.25, -0.2) is 4.39 Å². The van der Waals surface area contributed by atoms with E-state index in [1.807, 2.05) is 19.1 Å². The zero-order valence-electron chi connectivity index (χ0n) is 13.9. The maximum atomic E-state index is 12.9. The van der Waals surface area contributed by atoms with Crippen molar-refractivity contribution in [2.75, 3.05) is 12.4 Å². The molecule has 0 saturated carbocycles. The molecular formula is C19H22FNO2. The van der Waals surface area contributed by atoms with E-state index >= 15 is 0 Å². The monoisotopic (exact) mass is 315 g/mol. The van der Waals surface area contributed by atoms with Crippen LogP contribution >= 0.6 is 0 Å². The number of aryl methyl sites for hydroxylation is 1. The molecule has 0 spiro atoms. The van der Waals surface area contributed by atoms with Crippen LogP contribution in [0, 0.1) is 12.7 Å². The Morgan fingerprint density at radius 3 is 2.43 bits per heavy atom. The molecule has 4 heteroatoms. The first-order valence-electron chi connectivity index (χ1n) is 7.63. The van der Waals surface area contributed by atoms with E-state index in [2.05, 4.69) is 19.2 Å². The smallest absolute Gasteiger partial charge is 0.228 e. The largest absolute Gasteiger partial charge is 0.496 e. The summed E-state index contributed by atoms with van der Waals surface area (Å²) in [6.45, 7) is 6.09. The zero-order chi connectivity index (χ0) is 17.0. The highest BCUT2D eigenvalue weighted by molar-refractivity contribution is 5.93. The standard InChI is InChI=1S/C19H22FNO2/c1-12(2)16-11-17(13(3)9-18(16)23-4)21-19(22)10-14-5-7-15(20)8-6-14/h5-9,11-12H,10H2,1-4H3,(H,21,22). The Hall–Kier alpha value is -2.36. The van der Waals surface area contributed by atoms with E-state index in [1.54, 1.807) is 19.2 Å². The zero-order valence-corrected chi connectivity index (χ0v) is 13.9. The summed E-state index contributed by atoms with van der Waals surface area (Å²) in [5.41, 5.74) is 3.55. The fourth-order valence-electron chi connectivity index (χ4n) is 2.44. The molecule has 1 N–H and O–H groups in total. The summed E-state index contributed by atoms with van der Waals surface area (Å²) < 4.78 is 18.3. The van der Waals surface area contributed by atoms with Gasteiger partial charge in [0.2, 0.25) is 5.91 Å². The van der Waals surface area contributed by atoms with Crippen molar-refractivity contribution in [1.29, 1.82) is 0 Å². The molecule has 23 heavy (non-hydrogen) atoms. The van der Waals surface area contributed by atoms with Crippen LogP contribution in [0.3, 0.4) is 0 Å². The van der Waals surface area contributed by atoms with Gasteiger partial charge in [0.25, 0.3) is 0 Å². The SMILES string of the molecule is COc1cc(C)c(NC(=O)Cc2ccc(F)cc2)cc1C(C)C. The topological polar surface area (TPSA) is 38.3 Å². The highest BCUT2D eigenvalue weighted by Crippen LogP contribution is 2.32. The van der Waals surface area contributed by atoms with E-state index in [4.69, 9.17) is 4.74 Å². The minimum Gasteiger partial charge on any atom is -0.496 e. The number of amides is 1. The molecule has 0 radical (unpaired) electrons. The predicted molar refractivity (Wildman–Crippen MR) is 90.6 cm³/mol. The van der Waals surface area contributed by atoms with Crippen molar-refractivity contribution < 1.29 is 13.9 Å². The van der Waals surface area contributed by atoms with Crippen molar-refractivity contribution in [3.63, 3.8) is 0 Å². The lowest BCUT2D eigenvalue weighted by Crippen LogP contribution is -2.15. The minimum atomic E-state index is -0.304. The maximum Gasteiger partial charge on any atom is 0.228 e. The summed E-state index contributed by atoms with van der Waals surface area (Å²) in [7, 11) is 1.65. The van der Waals surface area contributed by atoms with Crippen molar-refractivity contribution in [3.05, 3.63) is 58.9 Å². The molecule has 0 heterocycles. The Bertz CT molecular complexity index is 693. The number of benzene rings is 2. The summed E-state index contributed by atoms with van der Waals surface area (Å²) in [5, 5.41) is 2.93. The predicted octanol–water partition coefficient (Wildman–Crippen LogP) is 4.45. The molecule has 3 nitrogen and oxygen atoms in total. The van der Waals surface area contributed by atoms with Crippen molar-refractivity contribution in [2.24, 2.45) is 0 Å². The second-order valence-corrected chi connectivity index (χ2v) is 5.92. The van der Waals surface area contributed by atoms with Gasteiger partial charge in [0.1, 0.15) is 11.6 Å². The number of anilines is 1. The second kappa shape index (κ2) is 7.27. The summed E-state index contributed by atoms with van der Waals surface area (Å²) >= 11 is 0. The van der Waals surface area contributed by atoms with E-state index in [9.17, 15) is 9.18 Å². The van der Waals surface area contributed by atoms with E-state index in [1.165, 1.54) is 12.1 Å². The van der Waals surface area contributed by atoms with E-state index in [0.717, 1.165) is 28.1 Å². The number of carbonyl (C=O) groups is 1. The molecular weight excluding hydrogens is 293 g/mol. The Labute approximate surface area is 136 Å². The molecule has 0 bridgehead atoms. The second-order valence-electron chi connectivity index (χ2n) is 5.92. The number of nitrogens with one attached hydrogen (secondary N) is 1. The quantitative estimate of drug-likeness (QED) is 0.885. The first-order valence-corrected chi connectivity index (χ1v) is 7.63. The molecule has 0 aliphatic rings. The fraction of sp³-hybridized carbons (Fsp3) is 0.316. The van der Waals surface area contributed by atoms with Crippen LogP contribution in [-0.4, -0.2) is 13.0 Å². The molecule has 0 aromatic heterocycles. The normalized spacial score (nSPS) is 10.7. The van der Waals surface area contributed by atoms with Gasteiger partial charge in [-0.05, 0) is 53.8 Å². The van der Waals surface area contributed by atoms with Crippen LogP contribution in [0.5, 0.6) is 5.75 Å². The van der Waals surface area contributed by atoms with E-state index in [0.29, 0.717) is 5.92 Å². The van der Waals surface area contributed by atoms with Crippen molar-refractivity contribution in [2.45, 2.75) is 33.1 Å². The molecule has 0 aliphatic heterocycles. The molecule has 2 rings (SSSR count). The lowest BCUT2D eigenvalue weighted by atomic mass is 9.99. The molecule has 1 amide bonds. The lowest BCUT2D eigenvalue weighted by molar-refractivity contribution is -0.115. The number of carbonyl (C=O) groups excluding carboxylic acids is 1. The molecule has 0 fully saturated rings. The van der Waals surface area contributed by atoms with Crippen LogP contribution in [0.4, 0.5) is 10.1 Å². The highest BCUT2D eigenvalue weighted by atomic mass is 19.1. The average molecular weight is 315 g/mol. The van der Waals surface area contributed by atoms with Gasteiger partial charge in [-0.1, -0.05) is 26.0 Å². The summed E-state index contributed by atoms with van der Waals surface area (Å²) in [6, 6.07) is 9.85. The maximum absolute atomic E-state index is 12.9. The number of rotatable bonds is 5. The highest BCUT2D eigenvalue weighted by Gasteiger charge is 2.13. The van der Waals surface area contributed by atoms with Gasteiger partial charge >= 0.3 is 0 Å². The van der Waals surface area contributed by atoms with Crippen LogP contribution in [0.15, 0.2) is 36.4 Å². The Morgan fingerprint density at radius 2 is 1.87 bits per heavy atom. The number of methoxy groups -OCH3 is 1. The van der Waals surface area contributed by atoms with Gasteiger partial charge in [0.05, 0.1) is 13.5 Å². The average Bonchev–Trinajstić information content (AvgIpc) is 2.51. The van der Waals surface area contributed by atoms with Gasteiger partial charge in [-0.15, -0.1) is 0 Å². The Kier molecular flexibility index (Phi) is 5.37. The van der Waals surface area contributed by atoms with Crippen LogP contribution in [0.2, 0.25) is 0 Å². The number of halogens is 1. The van der Waals surface area contributed by atoms with Crippen LogP contribution in [0.25, 0.3) is 0 Å². The molecule has 122 valence electrons. The number of ether oxygens (including phenoxy) is 1. The Balaban J connectivity index is 2.17. The Morgan fingerprint density at radius 1 is 1.22 bits per heavy atom. The van der Waals surface area contributed by atoms with Crippen LogP contribution in [0.1, 0.15) is 36.5 Å². The van der Waals surface area contributed by atoms with Gasteiger partial charge in [0.15, 0.2) is 0 Å². The molecule has 0 unspecified atom stereocenters. The number of hydrogen-bond donors (Lipinski definition) is 1.